The van der Waals surface area contributed by atoms with Gasteiger partial charge in [-0.2, -0.15) is 0 Å². The molecule has 4 saturated heterocycles. The Hall–Kier alpha value is -2.66. The molecule has 4 aliphatic rings. The zero-order chi connectivity index (χ0) is 30.7. The fourth-order valence-electron chi connectivity index (χ4n) is 7.69. The van der Waals surface area contributed by atoms with E-state index in [0.717, 1.165) is 25.1 Å². The van der Waals surface area contributed by atoms with Crippen molar-refractivity contribution in [3.05, 3.63) is 61.2 Å². The lowest BCUT2D eigenvalue weighted by Crippen LogP contribution is -2.59. The van der Waals surface area contributed by atoms with E-state index >= 15 is 0 Å². The standard InChI is InChI=1S/C33H46N4O5S/c1-5-12-35(15-14-34-16-18-42-19-17-34)32(41)29-33-23(3)20-26(43-33)27(28(33)31(40)37(29)24(4)22-38)30(39)36(13-6-2)21-25-10-8-7-9-11-25/h5-11,23-24,26-29,38H,1-2,12-22H2,3-4H3/t23?,24-,26+,27-,28+,29?,33?/m1/s1. The van der Waals surface area contributed by atoms with Crippen LogP contribution in [0.3, 0.4) is 0 Å². The fourth-order valence-corrected chi connectivity index (χ4v) is 10.1. The van der Waals surface area contributed by atoms with Crippen molar-refractivity contribution in [1.29, 1.82) is 0 Å². The van der Waals surface area contributed by atoms with E-state index in [2.05, 4.69) is 25.0 Å². The van der Waals surface area contributed by atoms with Gasteiger partial charge in [0.2, 0.25) is 17.7 Å². The smallest absolute Gasteiger partial charge is 0.247 e. The largest absolute Gasteiger partial charge is 0.394 e. The van der Waals surface area contributed by atoms with Crippen LogP contribution in [0.2, 0.25) is 0 Å². The predicted molar refractivity (Wildman–Crippen MR) is 168 cm³/mol. The summed E-state index contributed by atoms with van der Waals surface area (Å²) >= 11 is 1.67. The van der Waals surface area contributed by atoms with Crippen LogP contribution in [0, 0.1) is 17.8 Å². The van der Waals surface area contributed by atoms with E-state index in [1.165, 1.54) is 0 Å². The number of aliphatic hydroxyl groups is 1. The molecule has 0 aromatic heterocycles. The van der Waals surface area contributed by atoms with Gasteiger partial charge in [-0.25, -0.2) is 0 Å². The Labute approximate surface area is 259 Å². The molecule has 4 aliphatic heterocycles. The van der Waals surface area contributed by atoms with Crippen LogP contribution in [0.15, 0.2) is 55.6 Å². The minimum atomic E-state index is -0.762. The molecular weight excluding hydrogens is 564 g/mol. The number of thioether (sulfide) groups is 1. The molecule has 9 nitrogen and oxygen atoms in total. The summed E-state index contributed by atoms with van der Waals surface area (Å²) in [4.78, 5) is 51.0. The quantitative estimate of drug-likeness (QED) is 0.343. The number of nitrogens with zero attached hydrogens (tertiary/aromatic N) is 4. The molecule has 4 heterocycles. The molecular formula is C33H46N4O5S. The number of hydrogen-bond acceptors (Lipinski definition) is 7. The minimum absolute atomic E-state index is 0.0529. The number of likely N-dealkylation sites (tertiary alicyclic amines) is 1. The molecule has 234 valence electrons. The number of fused-ring (bicyclic) bond motifs is 1. The third kappa shape index (κ3) is 5.79. The number of aliphatic hydroxyl groups excluding tert-OH is 1. The fraction of sp³-hybridized carbons (Fsp3) is 0.606. The van der Waals surface area contributed by atoms with Crippen LogP contribution in [0.4, 0.5) is 0 Å². The highest BCUT2D eigenvalue weighted by Gasteiger charge is 2.76. The van der Waals surface area contributed by atoms with E-state index in [1.807, 2.05) is 35.2 Å². The van der Waals surface area contributed by atoms with Crippen molar-refractivity contribution in [2.75, 3.05) is 59.1 Å². The number of benzene rings is 1. The molecule has 10 heteroatoms. The number of amides is 3. The van der Waals surface area contributed by atoms with Crippen molar-refractivity contribution >= 4 is 29.5 Å². The highest BCUT2D eigenvalue weighted by molar-refractivity contribution is 8.02. The van der Waals surface area contributed by atoms with Gasteiger partial charge in [-0.3, -0.25) is 19.3 Å². The molecule has 1 aromatic carbocycles. The van der Waals surface area contributed by atoms with Gasteiger partial charge >= 0.3 is 0 Å². The summed E-state index contributed by atoms with van der Waals surface area (Å²) in [5, 5.41) is 10.2. The van der Waals surface area contributed by atoms with Gasteiger partial charge in [-0.1, -0.05) is 49.4 Å². The van der Waals surface area contributed by atoms with Gasteiger partial charge in [0.25, 0.3) is 0 Å². The maximum Gasteiger partial charge on any atom is 0.247 e. The molecule has 5 rings (SSSR count). The Morgan fingerprint density at radius 1 is 1.14 bits per heavy atom. The Bertz CT molecular complexity index is 1190. The van der Waals surface area contributed by atoms with Crippen LogP contribution in [-0.2, 0) is 25.7 Å². The lowest BCUT2D eigenvalue weighted by molar-refractivity contribution is -0.147. The maximum absolute atomic E-state index is 14.6. The molecule has 0 saturated carbocycles. The van der Waals surface area contributed by atoms with Crippen molar-refractivity contribution in [2.45, 2.75) is 48.9 Å². The number of ether oxygens (including phenoxy) is 1. The van der Waals surface area contributed by atoms with Crippen molar-refractivity contribution in [3.63, 3.8) is 0 Å². The van der Waals surface area contributed by atoms with Gasteiger partial charge < -0.3 is 24.5 Å². The van der Waals surface area contributed by atoms with Crippen LogP contribution >= 0.6 is 11.8 Å². The van der Waals surface area contributed by atoms with E-state index in [4.69, 9.17) is 4.74 Å². The second-order valence-electron chi connectivity index (χ2n) is 12.3. The normalized spacial score (nSPS) is 30.6. The third-order valence-corrected chi connectivity index (χ3v) is 11.8. The first-order chi connectivity index (χ1) is 20.8. The summed E-state index contributed by atoms with van der Waals surface area (Å²) < 4.78 is 4.75. The highest BCUT2D eigenvalue weighted by atomic mass is 32.2. The molecule has 1 spiro atoms. The van der Waals surface area contributed by atoms with Crippen LogP contribution in [0.1, 0.15) is 25.8 Å². The summed E-state index contributed by atoms with van der Waals surface area (Å²) in [6.45, 7) is 16.8. The van der Waals surface area contributed by atoms with E-state index in [0.29, 0.717) is 45.9 Å². The third-order valence-electron chi connectivity index (χ3n) is 9.77. The molecule has 0 radical (unpaired) electrons. The lowest BCUT2D eigenvalue weighted by atomic mass is 9.65. The topological polar surface area (TPSA) is 93.6 Å². The first-order valence-electron chi connectivity index (χ1n) is 15.5. The van der Waals surface area contributed by atoms with Gasteiger partial charge in [0.05, 0.1) is 42.4 Å². The first-order valence-corrected chi connectivity index (χ1v) is 16.4. The lowest BCUT2D eigenvalue weighted by Gasteiger charge is -2.42. The van der Waals surface area contributed by atoms with Crippen LogP contribution in [0.25, 0.3) is 0 Å². The monoisotopic (exact) mass is 610 g/mol. The number of carbonyl (C=O) groups is 3. The average molecular weight is 611 g/mol. The summed E-state index contributed by atoms with van der Waals surface area (Å²) in [6, 6.07) is 8.53. The maximum atomic E-state index is 14.6. The van der Waals surface area contributed by atoms with Gasteiger partial charge in [-0.15, -0.1) is 24.9 Å². The Morgan fingerprint density at radius 3 is 2.47 bits per heavy atom. The number of rotatable bonds is 13. The van der Waals surface area contributed by atoms with Crippen molar-refractivity contribution in [1.82, 2.24) is 19.6 Å². The van der Waals surface area contributed by atoms with E-state index in [9.17, 15) is 19.5 Å². The van der Waals surface area contributed by atoms with Crippen LogP contribution in [-0.4, -0.2) is 124 Å². The molecule has 3 amide bonds. The number of carbonyl (C=O) groups excluding carboxylic acids is 3. The molecule has 7 atom stereocenters. The van der Waals surface area contributed by atoms with Crippen LogP contribution < -0.4 is 0 Å². The summed E-state index contributed by atoms with van der Waals surface area (Å²) in [5.41, 5.74) is 1.01. The van der Waals surface area contributed by atoms with Gasteiger partial charge in [0.1, 0.15) is 6.04 Å². The minimum Gasteiger partial charge on any atom is -0.394 e. The van der Waals surface area contributed by atoms with Gasteiger partial charge in [-0.05, 0) is 24.8 Å². The Morgan fingerprint density at radius 2 is 1.81 bits per heavy atom. The van der Waals surface area contributed by atoms with Gasteiger partial charge in [0, 0.05) is 51.1 Å². The molecule has 3 unspecified atom stereocenters. The van der Waals surface area contributed by atoms with E-state index < -0.39 is 28.7 Å². The Balaban J connectivity index is 1.47. The van der Waals surface area contributed by atoms with Crippen LogP contribution in [0.5, 0.6) is 0 Å². The SMILES string of the molecule is C=CCN(CCN1CCOCC1)C(=O)C1N([C@H](C)CO)C(=O)[C@@H]2[C@H](C(=O)N(CC=C)Cc3ccccc3)[C@@H]3CC(C)C12S3. The molecule has 1 N–H and O–H groups in total. The van der Waals surface area contributed by atoms with Crippen molar-refractivity contribution in [3.8, 4) is 0 Å². The molecule has 1 aromatic rings. The average Bonchev–Trinajstić information content (AvgIpc) is 3.62. The molecule has 2 bridgehead atoms. The predicted octanol–water partition coefficient (Wildman–Crippen LogP) is 2.27. The molecule has 4 fully saturated rings. The van der Waals surface area contributed by atoms with Crippen molar-refractivity contribution in [2.24, 2.45) is 17.8 Å². The summed E-state index contributed by atoms with van der Waals surface area (Å²) in [6.07, 6.45) is 4.22. The highest BCUT2D eigenvalue weighted by Crippen LogP contribution is 2.69. The van der Waals surface area contributed by atoms with Gasteiger partial charge in [0.15, 0.2) is 0 Å². The molecule has 0 aliphatic carbocycles. The van der Waals surface area contributed by atoms with E-state index in [-0.39, 0.29) is 35.5 Å². The zero-order valence-corrected chi connectivity index (χ0v) is 26.3. The number of morpholine rings is 1. The summed E-state index contributed by atoms with van der Waals surface area (Å²) in [5.74, 6) is -1.49. The zero-order valence-electron chi connectivity index (χ0n) is 25.5. The van der Waals surface area contributed by atoms with E-state index in [1.54, 1.807) is 40.6 Å². The van der Waals surface area contributed by atoms with Crippen molar-refractivity contribution < 1.29 is 24.2 Å². The first kappa shape index (κ1) is 31.8. The molecule has 43 heavy (non-hydrogen) atoms. The second kappa shape index (κ2) is 13.5. The second-order valence-corrected chi connectivity index (χ2v) is 13.9. The Kier molecular flexibility index (Phi) is 10.0. The number of hydrogen-bond donors (Lipinski definition) is 1. The summed E-state index contributed by atoms with van der Waals surface area (Å²) in [7, 11) is 0.